The highest BCUT2D eigenvalue weighted by molar-refractivity contribution is 6.32. The van der Waals surface area contributed by atoms with Crippen LogP contribution in [0, 0.1) is 0 Å². The van der Waals surface area contributed by atoms with Crippen molar-refractivity contribution in [2.24, 2.45) is 0 Å². The van der Waals surface area contributed by atoms with Crippen molar-refractivity contribution in [3.05, 3.63) is 64.7 Å². The Morgan fingerprint density at radius 3 is 2.42 bits per heavy atom. The van der Waals surface area contributed by atoms with Gasteiger partial charge in [0.05, 0.1) is 10.6 Å². The maximum absolute atomic E-state index is 11.9. The van der Waals surface area contributed by atoms with E-state index in [0.29, 0.717) is 0 Å². The Bertz CT molecular complexity index is 633. The van der Waals surface area contributed by atoms with Crippen LogP contribution in [0.1, 0.15) is 15.9 Å². The SMILES string of the molecule is O=C(C=Cc1ccccc1)c1cc(O)c(Cl)cc1O. The van der Waals surface area contributed by atoms with Gasteiger partial charge in [-0.2, -0.15) is 0 Å². The van der Waals surface area contributed by atoms with Crippen molar-refractivity contribution in [1.82, 2.24) is 0 Å². The lowest BCUT2D eigenvalue weighted by Gasteiger charge is -2.03. The fraction of sp³-hybridized carbons (Fsp3) is 0. The number of hydrogen-bond acceptors (Lipinski definition) is 3. The Balaban J connectivity index is 2.26. The summed E-state index contributed by atoms with van der Waals surface area (Å²) in [5.74, 6) is -0.908. The number of aromatic hydroxyl groups is 2. The van der Waals surface area contributed by atoms with Gasteiger partial charge in [-0.25, -0.2) is 0 Å². The number of benzene rings is 2. The summed E-state index contributed by atoms with van der Waals surface area (Å²) in [7, 11) is 0. The van der Waals surface area contributed by atoms with E-state index in [1.165, 1.54) is 6.08 Å². The fourth-order valence-corrected chi connectivity index (χ4v) is 1.73. The number of ketones is 1. The van der Waals surface area contributed by atoms with Gasteiger partial charge >= 0.3 is 0 Å². The lowest BCUT2D eigenvalue weighted by molar-refractivity contribution is 0.104. The molecule has 0 amide bonds. The van der Waals surface area contributed by atoms with Gasteiger partial charge in [0.2, 0.25) is 0 Å². The third-order valence-corrected chi connectivity index (χ3v) is 2.86. The molecule has 0 unspecified atom stereocenters. The van der Waals surface area contributed by atoms with E-state index in [9.17, 15) is 15.0 Å². The summed E-state index contributed by atoms with van der Waals surface area (Å²) in [4.78, 5) is 11.9. The van der Waals surface area contributed by atoms with Crippen molar-refractivity contribution in [2.45, 2.75) is 0 Å². The van der Waals surface area contributed by atoms with Gasteiger partial charge in [0, 0.05) is 6.07 Å². The molecule has 2 N–H and O–H groups in total. The second-order valence-corrected chi connectivity index (χ2v) is 4.34. The van der Waals surface area contributed by atoms with Crippen LogP contribution in [0.3, 0.4) is 0 Å². The summed E-state index contributed by atoms with van der Waals surface area (Å²) in [6.07, 6.45) is 2.96. The first-order valence-electron chi connectivity index (χ1n) is 5.57. The van der Waals surface area contributed by atoms with Crippen LogP contribution in [-0.4, -0.2) is 16.0 Å². The molecule has 0 saturated carbocycles. The molecule has 96 valence electrons. The Hall–Kier alpha value is -2.26. The van der Waals surface area contributed by atoms with E-state index >= 15 is 0 Å². The zero-order valence-corrected chi connectivity index (χ0v) is 10.6. The number of allylic oxidation sites excluding steroid dienone is 1. The van der Waals surface area contributed by atoms with Gasteiger partial charge < -0.3 is 10.2 Å². The summed E-state index contributed by atoms with van der Waals surface area (Å²) in [5.41, 5.74) is 0.877. The number of rotatable bonds is 3. The maximum Gasteiger partial charge on any atom is 0.189 e. The van der Waals surface area contributed by atoms with E-state index < -0.39 is 5.78 Å². The molecule has 19 heavy (non-hydrogen) atoms. The third kappa shape index (κ3) is 3.14. The van der Waals surface area contributed by atoms with Crippen LogP contribution >= 0.6 is 11.6 Å². The van der Waals surface area contributed by atoms with Gasteiger partial charge in [0.15, 0.2) is 5.78 Å². The molecule has 4 heteroatoms. The average molecular weight is 275 g/mol. The lowest BCUT2D eigenvalue weighted by Crippen LogP contribution is -1.95. The smallest absolute Gasteiger partial charge is 0.189 e. The first-order valence-corrected chi connectivity index (χ1v) is 5.94. The summed E-state index contributed by atoms with van der Waals surface area (Å²) >= 11 is 5.62. The van der Waals surface area contributed by atoms with Crippen molar-refractivity contribution in [1.29, 1.82) is 0 Å². The van der Waals surface area contributed by atoms with E-state index in [-0.39, 0.29) is 22.1 Å². The predicted octanol–water partition coefficient (Wildman–Crippen LogP) is 3.65. The van der Waals surface area contributed by atoms with E-state index in [4.69, 9.17) is 11.6 Å². The van der Waals surface area contributed by atoms with Crippen LogP contribution in [0.4, 0.5) is 0 Å². The predicted molar refractivity (Wildman–Crippen MR) is 74.6 cm³/mol. The van der Waals surface area contributed by atoms with Crippen molar-refractivity contribution < 1.29 is 15.0 Å². The standard InChI is InChI=1S/C15H11ClO3/c16-12-9-14(18)11(8-15(12)19)13(17)7-6-10-4-2-1-3-5-10/h1-9,18-19H. The second kappa shape index (κ2) is 5.59. The molecule has 0 atom stereocenters. The lowest BCUT2D eigenvalue weighted by atomic mass is 10.1. The zero-order chi connectivity index (χ0) is 13.8. The molecule has 0 spiro atoms. The van der Waals surface area contributed by atoms with E-state index in [0.717, 1.165) is 17.7 Å². The van der Waals surface area contributed by atoms with Gasteiger partial charge in [0.1, 0.15) is 11.5 Å². The first kappa shape index (κ1) is 13.2. The number of phenols is 2. The molecule has 0 fully saturated rings. The van der Waals surface area contributed by atoms with Crippen molar-refractivity contribution in [2.75, 3.05) is 0 Å². The molecular weight excluding hydrogens is 264 g/mol. The molecule has 0 saturated heterocycles. The number of hydrogen-bond donors (Lipinski definition) is 2. The summed E-state index contributed by atoms with van der Waals surface area (Å²) < 4.78 is 0. The molecule has 0 heterocycles. The number of carbonyl (C=O) groups excluding carboxylic acids is 1. The minimum Gasteiger partial charge on any atom is -0.507 e. The molecule has 0 bridgehead atoms. The highest BCUT2D eigenvalue weighted by Gasteiger charge is 2.12. The molecule has 0 radical (unpaired) electrons. The highest BCUT2D eigenvalue weighted by Crippen LogP contribution is 2.31. The number of carbonyl (C=O) groups is 1. The molecule has 2 aromatic rings. The molecular formula is C15H11ClO3. The van der Waals surface area contributed by atoms with Crippen molar-refractivity contribution in [3.63, 3.8) is 0 Å². The third-order valence-electron chi connectivity index (χ3n) is 2.56. The Kier molecular flexibility index (Phi) is 3.88. The molecule has 3 nitrogen and oxygen atoms in total. The maximum atomic E-state index is 11.9. The minimum absolute atomic E-state index is 0.00101. The minimum atomic E-state index is -0.409. The Morgan fingerprint density at radius 2 is 1.74 bits per heavy atom. The molecule has 2 rings (SSSR count). The molecule has 2 aromatic carbocycles. The van der Waals surface area contributed by atoms with Gasteiger partial charge in [-0.15, -0.1) is 0 Å². The molecule has 0 aliphatic carbocycles. The Morgan fingerprint density at radius 1 is 1.05 bits per heavy atom. The summed E-state index contributed by atoms with van der Waals surface area (Å²) in [6, 6.07) is 11.6. The van der Waals surface area contributed by atoms with E-state index in [1.807, 2.05) is 30.3 Å². The average Bonchev–Trinajstić information content (AvgIpc) is 2.41. The second-order valence-electron chi connectivity index (χ2n) is 3.93. The van der Waals surface area contributed by atoms with E-state index in [1.54, 1.807) is 6.08 Å². The van der Waals surface area contributed by atoms with Crippen LogP contribution in [0.5, 0.6) is 11.5 Å². The van der Waals surface area contributed by atoms with Gasteiger partial charge in [-0.1, -0.05) is 48.0 Å². The molecule has 0 aliphatic rings. The zero-order valence-electron chi connectivity index (χ0n) is 9.88. The van der Waals surface area contributed by atoms with Crippen LogP contribution in [0.25, 0.3) is 6.08 Å². The largest absolute Gasteiger partial charge is 0.507 e. The van der Waals surface area contributed by atoms with Gasteiger partial charge in [0.25, 0.3) is 0 Å². The summed E-state index contributed by atoms with van der Waals surface area (Å²) in [6.45, 7) is 0. The quantitative estimate of drug-likeness (QED) is 0.510. The number of halogens is 1. The topological polar surface area (TPSA) is 57.5 Å². The van der Waals surface area contributed by atoms with E-state index in [2.05, 4.69) is 0 Å². The monoisotopic (exact) mass is 274 g/mol. The van der Waals surface area contributed by atoms with Crippen molar-refractivity contribution >= 4 is 23.5 Å². The van der Waals surface area contributed by atoms with Crippen molar-refractivity contribution in [3.8, 4) is 11.5 Å². The van der Waals surface area contributed by atoms with Gasteiger partial charge in [-0.3, -0.25) is 4.79 Å². The fourth-order valence-electron chi connectivity index (χ4n) is 1.57. The van der Waals surface area contributed by atoms with Crippen LogP contribution in [0.2, 0.25) is 5.02 Å². The van der Waals surface area contributed by atoms with Crippen LogP contribution in [-0.2, 0) is 0 Å². The molecule has 0 aromatic heterocycles. The highest BCUT2D eigenvalue weighted by atomic mass is 35.5. The van der Waals surface area contributed by atoms with Crippen LogP contribution in [0.15, 0.2) is 48.5 Å². The molecule has 0 aliphatic heterocycles. The Labute approximate surface area is 115 Å². The first-order chi connectivity index (χ1) is 9.08. The summed E-state index contributed by atoms with van der Waals surface area (Å²) in [5, 5.41) is 19.1. The van der Waals surface area contributed by atoms with Gasteiger partial charge in [-0.05, 0) is 17.7 Å². The normalized spacial score (nSPS) is 10.8. The van der Waals surface area contributed by atoms with Crippen LogP contribution < -0.4 is 0 Å². The number of phenolic OH excluding ortho intramolecular Hbond substituents is 2.